The highest BCUT2D eigenvalue weighted by Crippen LogP contribution is 2.27. The molecule has 1 heterocycles. The summed E-state index contributed by atoms with van der Waals surface area (Å²) >= 11 is 0. The van der Waals surface area contributed by atoms with Crippen molar-refractivity contribution in [2.24, 2.45) is 0 Å². The van der Waals surface area contributed by atoms with Gasteiger partial charge >= 0.3 is 0 Å². The Bertz CT molecular complexity index is 600. The topological polar surface area (TPSA) is 51.0 Å². The van der Waals surface area contributed by atoms with Crippen LogP contribution in [0.4, 0.5) is 0 Å². The zero-order chi connectivity index (χ0) is 15.6. The second kappa shape index (κ2) is 5.98. The van der Waals surface area contributed by atoms with Crippen molar-refractivity contribution >= 4 is 0 Å². The molecule has 0 saturated carbocycles. The van der Waals surface area contributed by atoms with E-state index in [9.17, 15) is 0 Å². The van der Waals surface area contributed by atoms with E-state index in [4.69, 9.17) is 4.42 Å². The van der Waals surface area contributed by atoms with E-state index in [-0.39, 0.29) is 5.54 Å². The molecular formula is C17H25N3O. The second-order valence-electron chi connectivity index (χ2n) is 6.70. The van der Waals surface area contributed by atoms with Gasteiger partial charge in [0.1, 0.15) is 0 Å². The van der Waals surface area contributed by atoms with Crippen molar-refractivity contribution in [2.45, 2.75) is 53.5 Å². The van der Waals surface area contributed by atoms with E-state index in [1.165, 1.54) is 16.7 Å². The summed E-state index contributed by atoms with van der Waals surface area (Å²) in [6, 6.07) is 4.29. The first-order valence-corrected chi connectivity index (χ1v) is 7.42. The summed E-state index contributed by atoms with van der Waals surface area (Å²) in [7, 11) is 0. The molecule has 0 bridgehead atoms. The minimum Gasteiger partial charge on any atom is -0.421 e. The monoisotopic (exact) mass is 287 g/mol. The van der Waals surface area contributed by atoms with Crippen molar-refractivity contribution in [3.8, 4) is 11.5 Å². The van der Waals surface area contributed by atoms with E-state index >= 15 is 0 Å². The van der Waals surface area contributed by atoms with Gasteiger partial charge in [0.25, 0.3) is 0 Å². The Balaban J connectivity index is 2.13. The van der Waals surface area contributed by atoms with Crippen LogP contribution in [-0.2, 0) is 6.42 Å². The highest BCUT2D eigenvalue weighted by molar-refractivity contribution is 5.63. The maximum atomic E-state index is 5.82. The third-order valence-electron chi connectivity index (χ3n) is 3.35. The number of rotatable bonds is 4. The van der Waals surface area contributed by atoms with Crippen LogP contribution >= 0.6 is 0 Å². The lowest BCUT2D eigenvalue weighted by molar-refractivity contribution is 0.411. The smallest absolute Gasteiger partial charge is 0.248 e. The minimum absolute atomic E-state index is 0.104. The SMILES string of the molecule is Cc1cc(C)c(-c2nnc(CCNC(C)(C)C)o2)c(C)c1. The summed E-state index contributed by atoms with van der Waals surface area (Å²) in [5.74, 6) is 1.30. The van der Waals surface area contributed by atoms with Crippen LogP contribution in [0, 0.1) is 20.8 Å². The van der Waals surface area contributed by atoms with Gasteiger partial charge in [-0.15, -0.1) is 10.2 Å². The maximum absolute atomic E-state index is 5.82. The quantitative estimate of drug-likeness (QED) is 0.933. The molecule has 4 heteroatoms. The molecule has 0 spiro atoms. The van der Waals surface area contributed by atoms with Crippen molar-refractivity contribution < 1.29 is 4.42 Å². The Labute approximate surface area is 127 Å². The Morgan fingerprint density at radius 2 is 1.67 bits per heavy atom. The van der Waals surface area contributed by atoms with Gasteiger partial charge in [0.2, 0.25) is 11.8 Å². The van der Waals surface area contributed by atoms with Crippen LogP contribution < -0.4 is 5.32 Å². The first-order valence-electron chi connectivity index (χ1n) is 7.42. The predicted octanol–water partition coefficient (Wildman–Crippen LogP) is 3.59. The molecule has 0 amide bonds. The summed E-state index contributed by atoms with van der Waals surface area (Å²) in [5, 5.41) is 11.8. The second-order valence-corrected chi connectivity index (χ2v) is 6.70. The van der Waals surface area contributed by atoms with Gasteiger partial charge in [0, 0.05) is 24.1 Å². The number of aromatic nitrogens is 2. The molecule has 4 nitrogen and oxygen atoms in total. The first kappa shape index (κ1) is 15.7. The Morgan fingerprint density at radius 3 is 2.24 bits per heavy atom. The fourth-order valence-corrected chi connectivity index (χ4v) is 2.52. The van der Waals surface area contributed by atoms with Crippen molar-refractivity contribution in [3.05, 3.63) is 34.7 Å². The van der Waals surface area contributed by atoms with Crippen molar-refractivity contribution in [1.82, 2.24) is 15.5 Å². The van der Waals surface area contributed by atoms with E-state index in [0.717, 1.165) is 18.5 Å². The molecule has 114 valence electrons. The molecule has 21 heavy (non-hydrogen) atoms. The zero-order valence-corrected chi connectivity index (χ0v) is 13.9. The van der Waals surface area contributed by atoms with E-state index in [1.54, 1.807) is 0 Å². The average Bonchev–Trinajstić information content (AvgIpc) is 2.74. The van der Waals surface area contributed by atoms with E-state index in [0.29, 0.717) is 11.8 Å². The van der Waals surface area contributed by atoms with Crippen LogP contribution in [0.15, 0.2) is 16.5 Å². The molecule has 0 atom stereocenters. The van der Waals surface area contributed by atoms with Crippen LogP contribution in [0.2, 0.25) is 0 Å². The highest BCUT2D eigenvalue weighted by Gasteiger charge is 2.15. The summed E-state index contributed by atoms with van der Waals surface area (Å²) in [6.07, 6.45) is 0.744. The van der Waals surface area contributed by atoms with Gasteiger partial charge in [-0.05, 0) is 52.7 Å². The average molecular weight is 287 g/mol. The lowest BCUT2D eigenvalue weighted by Crippen LogP contribution is -2.37. The van der Waals surface area contributed by atoms with E-state index < -0.39 is 0 Å². The number of hydrogen-bond acceptors (Lipinski definition) is 4. The van der Waals surface area contributed by atoms with Gasteiger partial charge in [-0.1, -0.05) is 17.7 Å². The summed E-state index contributed by atoms with van der Waals surface area (Å²) < 4.78 is 5.82. The summed E-state index contributed by atoms with van der Waals surface area (Å²) in [4.78, 5) is 0. The van der Waals surface area contributed by atoms with Crippen LogP contribution in [0.25, 0.3) is 11.5 Å². The van der Waals surface area contributed by atoms with Crippen molar-refractivity contribution in [1.29, 1.82) is 0 Å². The van der Waals surface area contributed by atoms with E-state index in [1.807, 2.05) is 0 Å². The van der Waals surface area contributed by atoms with Crippen LogP contribution in [0.5, 0.6) is 0 Å². The maximum Gasteiger partial charge on any atom is 0.248 e. The predicted molar refractivity (Wildman–Crippen MR) is 85.4 cm³/mol. The molecule has 1 aromatic carbocycles. The fraction of sp³-hybridized carbons (Fsp3) is 0.529. The van der Waals surface area contributed by atoms with Gasteiger partial charge < -0.3 is 9.73 Å². The number of nitrogens with one attached hydrogen (secondary N) is 1. The molecule has 1 N–H and O–H groups in total. The van der Waals surface area contributed by atoms with Gasteiger partial charge in [-0.25, -0.2) is 0 Å². The van der Waals surface area contributed by atoms with Crippen LogP contribution in [-0.4, -0.2) is 22.3 Å². The number of benzene rings is 1. The molecule has 2 aromatic rings. The summed E-state index contributed by atoms with van der Waals surface area (Å²) in [5.41, 5.74) is 4.77. The molecule has 0 saturated heterocycles. The number of nitrogens with zero attached hydrogens (tertiary/aromatic N) is 2. The largest absolute Gasteiger partial charge is 0.421 e. The lowest BCUT2D eigenvalue weighted by Gasteiger charge is -2.19. The molecule has 0 unspecified atom stereocenters. The number of hydrogen-bond donors (Lipinski definition) is 1. The highest BCUT2D eigenvalue weighted by atomic mass is 16.4. The fourth-order valence-electron chi connectivity index (χ4n) is 2.52. The molecule has 0 aliphatic carbocycles. The molecular weight excluding hydrogens is 262 g/mol. The Morgan fingerprint density at radius 1 is 1.05 bits per heavy atom. The van der Waals surface area contributed by atoms with Crippen molar-refractivity contribution in [2.75, 3.05) is 6.54 Å². The number of aryl methyl sites for hydroxylation is 3. The van der Waals surface area contributed by atoms with Crippen molar-refractivity contribution in [3.63, 3.8) is 0 Å². The van der Waals surface area contributed by atoms with Gasteiger partial charge in [0.15, 0.2) is 0 Å². The Hall–Kier alpha value is -1.68. The molecule has 0 aliphatic heterocycles. The molecule has 2 rings (SSSR count). The van der Waals surface area contributed by atoms with E-state index in [2.05, 4.69) is 69.2 Å². The molecule has 0 aliphatic rings. The minimum atomic E-state index is 0.104. The summed E-state index contributed by atoms with van der Waals surface area (Å²) in [6.45, 7) is 13.5. The zero-order valence-electron chi connectivity index (χ0n) is 13.9. The first-order chi connectivity index (χ1) is 9.76. The van der Waals surface area contributed by atoms with Crippen LogP contribution in [0.3, 0.4) is 0 Å². The third kappa shape index (κ3) is 4.14. The molecule has 0 radical (unpaired) electrons. The lowest BCUT2D eigenvalue weighted by atomic mass is 10.00. The molecule has 1 aromatic heterocycles. The normalized spacial score (nSPS) is 11.9. The van der Waals surface area contributed by atoms with Gasteiger partial charge in [0.05, 0.1) is 0 Å². The Kier molecular flexibility index (Phi) is 4.47. The van der Waals surface area contributed by atoms with Gasteiger partial charge in [-0.3, -0.25) is 0 Å². The van der Waals surface area contributed by atoms with Gasteiger partial charge in [-0.2, -0.15) is 0 Å². The standard InChI is InChI=1S/C17H25N3O/c1-11-9-12(2)15(13(3)10-11)16-20-19-14(21-16)7-8-18-17(4,5)6/h9-10,18H,7-8H2,1-6H3. The molecule has 0 fully saturated rings. The van der Waals surface area contributed by atoms with Crippen LogP contribution in [0.1, 0.15) is 43.4 Å². The third-order valence-corrected chi connectivity index (χ3v) is 3.35.